The Balaban J connectivity index is 2.82. The highest BCUT2D eigenvalue weighted by atomic mass is 16.3. The van der Waals surface area contributed by atoms with E-state index in [1.807, 2.05) is 19.1 Å². The van der Waals surface area contributed by atoms with E-state index >= 15 is 0 Å². The first-order chi connectivity index (χ1) is 7.58. The molecule has 3 nitrogen and oxygen atoms in total. The first-order valence-corrected chi connectivity index (χ1v) is 5.76. The summed E-state index contributed by atoms with van der Waals surface area (Å²) in [7, 11) is 0. The lowest BCUT2D eigenvalue weighted by atomic mass is 9.90. The fourth-order valence-corrected chi connectivity index (χ4v) is 1.90. The van der Waals surface area contributed by atoms with E-state index in [2.05, 4.69) is 6.92 Å². The molecule has 0 radical (unpaired) electrons. The fraction of sp³-hybridized carbons (Fsp3) is 0.538. The van der Waals surface area contributed by atoms with E-state index in [4.69, 9.17) is 5.73 Å². The van der Waals surface area contributed by atoms with E-state index in [1.165, 1.54) is 0 Å². The quantitative estimate of drug-likeness (QED) is 0.714. The Hall–Kier alpha value is -1.06. The molecule has 0 fully saturated rings. The number of phenolic OH excluding ortho intramolecular Hbond substituents is 1. The number of hydrogen-bond acceptors (Lipinski definition) is 3. The van der Waals surface area contributed by atoms with Gasteiger partial charge in [0, 0.05) is 6.54 Å². The average molecular weight is 223 g/mol. The zero-order valence-corrected chi connectivity index (χ0v) is 9.98. The van der Waals surface area contributed by atoms with E-state index in [9.17, 15) is 10.2 Å². The van der Waals surface area contributed by atoms with Gasteiger partial charge in [0.05, 0.1) is 6.10 Å². The van der Waals surface area contributed by atoms with E-state index < -0.39 is 6.10 Å². The van der Waals surface area contributed by atoms with E-state index in [1.54, 1.807) is 6.07 Å². The number of aliphatic hydroxyl groups is 1. The molecule has 2 unspecified atom stereocenters. The van der Waals surface area contributed by atoms with Crippen molar-refractivity contribution in [3.05, 3.63) is 29.3 Å². The second kappa shape index (κ2) is 5.87. The van der Waals surface area contributed by atoms with Crippen molar-refractivity contribution in [3.63, 3.8) is 0 Å². The summed E-state index contributed by atoms with van der Waals surface area (Å²) < 4.78 is 0. The van der Waals surface area contributed by atoms with E-state index in [0.29, 0.717) is 24.6 Å². The second-order valence-electron chi connectivity index (χ2n) is 4.28. The van der Waals surface area contributed by atoms with Crippen LogP contribution in [0, 0.1) is 6.92 Å². The highest BCUT2D eigenvalue weighted by Gasteiger charge is 2.14. The number of phenols is 1. The molecule has 16 heavy (non-hydrogen) atoms. The molecule has 0 aromatic heterocycles. The van der Waals surface area contributed by atoms with Gasteiger partial charge in [-0.1, -0.05) is 19.1 Å². The van der Waals surface area contributed by atoms with Crippen LogP contribution in [0.3, 0.4) is 0 Å². The largest absolute Gasteiger partial charge is 0.508 e. The third-order valence-electron chi connectivity index (χ3n) is 3.01. The topological polar surface area (TPSA) is 66.5 Å². The van der Waals surface area contributed by atoms with Crippen molar-refractivity contribution in [2.24, 2.45) is 5.73 Å². The van der Waals surface area contributed by atoms with Crippen LogP contribution >= 0.6 is 0 Å². The highest BCUT2D eigenvalue weighted by molar-refractivity contribution is 5.36. The Kier molecular flexibility index (Phi) is 4.77. The summed E-state index contributed by atoms with van der Waals surface area (Å²) in [5, 5.41) is 19.0. The van der Waals surface area contributed by atoms with Crippen LogP contribution in [0.15, 0.2) is 18.2 Å². The SMILES string of the molecule is CCC(CC(O)CN)c1ccc(O)c(C)c1. The number of aromatic hydroxyl groups is 1. The molecule has 0 heterocycles. The van der Waals surface area contributed by atoms with Gasteiger partial charge in [0.1, 0.15) is 5.75 Å². The Bertz CT molecular complexity index is 339. The molecule has 1 aromatic rings. The van der Waals surface area contributed by atoms with Gasteiger partial charge < -0.3 is 15.9 Å². The van der Waals surface area contributed by atoms with Crippen molar-refractivity contribution < 1.29 is 10.2 Å². The summed E-state index contributed by atoms with van der Waals surface area (Å²) in [4.78, 5) is 0. The van der Waals surface area contributed by atoms with Crippen LogP contribution in [-0.2, 0) is 0 Å². The molecule has 90 valence electrons. The summed E-state index contributed by atoms with van der Waals surface area (Å²) in [6, 6.07) is 5.61. The number of aryl methyl sites for hydroxylation is 1. The predicted molar refractivity (Wildman–Crippen MR) is 65.6 cm³/mol. The normalized spacial score (nSPS) is 14.8. The van der Waals surface area contributed by atoms with Crippen LogP contribution in [0.25, 0.3) is 0 Å². The first-order valence-electron chi connectivity index (χ1n) is 5.76. The summed E-state index contributed by atoms with van der Waals surface area (Å²) in [5.41, 5.74) is 7.45. The minimum absolute atomic E-state index is 0.299. The molecule has 0 aliphatic carbocycles. The number of hydrogen-bond donors (Lipinski definition) is 3. The number of nitrogens with two attached hydrogens (primary N) is 1. The van der Waals surface area contributed by atoms with Gasteiger partial charge in [-0.15, -0.1) is 0 Å². The number of aliphatic hydroxyl groups excluding tert-OH is 1. The molecule has 0 aliphatic rings. The molecule has 0 amide bonds. The smallest absolute Gasteiger partial charge is 0.118 e. The summed E-state index contributed by atoms with van der Waals surface area (Å²) in [6.45, 7) is 4.27. The molecular formula is C13H21NO2. The zero-order chi connectivity index (χ0) is 12.1. The Morgan fingerprint density at radius 3 is 2.56 bits per heavy atom. The third kappa shape index (κ3) is 3.22. The van der Waals surface area contributed by atoms with Crippen LogP contribution in [0.5, 0.6) is 5.75 Å². The van der Waals surface area contributed by atoms with Crippen LogP contribution in [-0.4, -0.2) is 22.9 Å². The summed E-state index contributed by atoms with van der Waals surface area (Å²) in [5.74, 6) is 0.621. The van der Waals surface area contributed by atoms with Crippen molar-refractivity contribution in [1.82, 2.24) is 0 Å². The molecule has 0 spiro atoms. The highest BCUT2D eigenvalue weighted by Crippen LogP contribution is 2.28. The Labute approximate surface area is 96.9 Å². The molecule has 0 bridgehead atoms. The maximum atomic E-state index is 9.57. The monoisotopic (exact) mass is 223 g/mol. The van der Waals surface area contributed by atoms with Crippen molar-refractivity contribution in [2.45, 2.75) is 38.7 Å². The molecular weight excluding hydrogens is 202 g/mol. The lowest BCUT2D eigenvalue weighted by Gasteiger charge is -2.19. The lowest BCUT2D eigenvalue weighted by Crippen LogP contribution is -2.22. The molecule has 3 heteroatoms. The molecule has 1 aromatic carbocycles. The van der Waals surface area contributed by atoms with E-state index in [-0.39, 0.29) is 0 Å². The standard InChI is InChI=1S/C13H21NO2/c1-3-10(7-12(15)8-14)11-4-5-13(16)9(2)6-11/h4-6,10,12,15-16H,3,7-8,14H2,1-2H3. The van der Waals surface area contributed by atoms with E-state index in [0.717, 1.165) is 17.5 Å². The van der Waals surface area contributed by atoms with Crippen molar-refractivity contribution >= 4 is 0 Å². The molecule has 0 aliphatic heterocycles. The molecule has 0 saturated carbocycles. The second-order valence-corrected chi connectivity index (χ2v) is 4.28. The zero-order valence-electron chi connectivity index (χ0n) is 9.98. The lowest BCUT2D eigenvalue weighted by molar-refractivity contribution is 0.162. The van der Waals surface area contributed by atoms with Gasteiger partial charge in [-0.05, 0) is 42.9 Å². The molecule has 0 saturated heterocycles. The summed E-state index contributed by atoms with van der Waals surface area (Å²) >= 11 is 0. The van der Waals surface area contributed by atoms with Crippen molar-refractivity contribution in [1.29, 1.82) is 0 Å². The maximum absolute atomic E-state index is 9.57. The van der Waals surface area contributed by atoms with Gasteiger partial charge in [0.25, 0.3) is 0 Å². The fourth-order valence-electron chi connectivity index (χ4n) is 1.90. The van der Waals surface area contributed by atoms with Crippen molar-refractivity contribution in [2.75, 3.05) is 6.54 Å². The minimum atomic E-state index is -0.445. The van der Waals surface area contributed by atoms with Crippen LogP contribution < -0.4 is 5.73 Å². The molecule has 1 rings (SSSR count). The van der Waals surface area contributed by atoms with Gasteiger partial charge in [-0.2, -0.15) is 0 Å². The molecule has 2 atom stereocenters. The summed E-state index contributed by atoms with van der Waals surface area (Å²) in [6.07, 6.45) is 1.19. The number of benzene rings is 1. The Morgan fingerprint density at radius 1 is 1.38 bits per heavy atom. The van der Waals surface area contributed by atoms with Crippen LogP contribution in [0.4, 0.5) is 0 Å². The van der Waals surface area contributed by atoms with Gasteiger partial charge in [-0.3, -0.25) is 0 Å². The average Bonchev–Trinajstić information content (AvgIpc) is 2.29. The minimum Gasteiger partial charge on any atom is -0.508 e. The van der Waals surface area contributed by atoms with Crippen LogP contribution in [0.2, 0.25) is 0 Å². The van der Waals surface area contributed by atoms with Gasteiger partial charge in [-0.25, -0.2) is 0 Å². The maximum Gasteiger partial charge on any atom is 0.118 e. The Morgan fingerprint density at radius 2 is 2.06 bits per heavy atom. The first kappa shape index (κ1) is 13.0. The van der Waals surface area contributed by atoms with Gasteiger partial charge >= 0.3 is 0 Å². The predicted octanol–water partition coefficient (Wildman–Crippen LogP) is 1.90. The van der Waals surface area contributed by atoms with Gasteiger partial charge in [0.15, 0.2) is 0 Å². The van der Waals surface area contributed by atoms with Crippen LogP contribution in [0.1, 0.15) is 36.8 Å². The van der Waals surface area contributed by atoms with Gasteiger partial charge in [0.2, 0.25) is 0 Å². The molecule has 4 N–H and O–H groups in total. The number of rotatable bonds is 5. The third-order valence-corrected chi connectivity index (χ3v) is 3.01. The van der Waals surface area contributed by atoms with Crippen molar-refractivity contribution in [3.8, 4) is 5.75 Å².